The van der Waals surface area contributed by atoms with Gasteiger partial charge in [-0.1, -0.05) is 29.8 Å². The standard InChI is InChI=1S/C7H7N3S2.C6H5Cl/c8-12-4-1-2-5-6(3-4)10-7(11)9-5;7-6-4-2-1-3-5-6/h1-3H,8H2,(H2,9,10,11);1-5H. The highest BCUT2D eigenvalue weighted by molar-refractivity contribution is 7.97. The first-order valence-corrected chi connectivity index (χ1v) is 7.15. The maximum Gasteiger partial charge on any atom is 0.175 e. The van der Waals surface area contributed by atoms with Crippen LogP contribution >= 0.6 is 35.8 Å². The third kappa shape index (κ3) is 4.11. The third-order valence-corrected chi connectivity index (χ3v) is 3.34. The number of aromatic amines is 2. The molecule has 0 radical (unpaired) electrons. The van der Waals surface area contributed by atoms with E-state index < -0.39 is 0 Å². The van der Waals surface area contributed by atoms with Crippen molar-refractivity contribution in [3.05, 3.63) is 58.3 Å². The summed E-state index contributed by atoms with van der Waals surface area (Å²) in [7, 11) is 0. The second-order valence-electron chi connectivity index (χ2n) is 3.70. The van der Waals surface area contributed by atoms with Gasteiger partial charge in [0.1, 0.15) is 0 Å². The second kappa shape index (κ2) is 6.77. The molecule has 1 heterocycles. The lowest BCUT2D eigenvalue weighted by Crippen LogP contribution is -1.78. The van der Waals surface area contributed by atoms with E-state index in [2.05, 4.69) is 9.97 Å². The van der Waals surface area contributed by atoms with Crippen LogP contribution in [0, 0.1) is 4.77 Å². The predicted molar refractivity (Wildman–Crippen MR) is 85.0 cm³/mol. The van der Waals surface area contributed by atoms with Gasteiger partial charge in [-0.25, -0.2) is 0 Å². The zero-order valence-corrected chi connectivity index (χ0v) is 12.3. The number of aromatic nitrogens is 2. The van der Waals surface area contributed by atoms with E-state index in [1.54, 1.807) is 0 Å². The highest BCUT2D eigenvalue weighted by atomic mass is 35.5. The summed E-state index contributed by atoms with van der Waals surface area (Å²) in [5, 5.41) is 6.21. The van der Waals surface area contributed by atoms with E-state index in [1.165, 1.54) is 11.9 Å². The first-order valence-electron chi connectivity index (χ1n) is 5.48. The topological polar surface area (TPSA) is 57.6 Å². The quantitative estimate of drug-likeness (QED) is 0.457. The summed E-state index contributed by atoms with van der Waals surface area (Å²) in [6, 6.07) is 15.3. The number of H-pyrrole nitrogens is 2. The molecule has 0 bridgehead atoms. The molecule has 0 saturated heterocycles. The molecule has 3 nitrogen and oxygen atoms in total. The van der Waals surface area contributed by atoms with E-state index in [0.29, 0.717) is 4.77 Å². The van der Waals surface area contributed by atoms with Crippen molar-refractivity contribution in [3.63, 3.8) is 0 Å². The van der Waals surface area contributed by atoms with Crippen molar-refractivity contribution in [2.75, 3.05) is 0 Å². The van der Waals surface area contributed by atoms with E-state index >= 15 is 0 Å². The van der Waals surface area contributed by atoms with Crippen LogP contribution in [0.4, 0.5) is 0 Å². The summed E-state index contributed by atoms with van der Waals surface area (Å²) in [5.41, 5.74) is 2.01. The van der Waals surface area contributed by atoms with Gasteiger partial charge in [-0.15, -0.1) is 0 Å². The van der Waals surface area contributed by atoms with Gasteiger partial charge in [-0.3, -0.25) is 5.14 Å². The molecule has 3 aromatic rings. The van der Waals surface area contributed by atoms with Crippen molar-refractivity contribution in [2.45, 2.75) is 4.90 Å². The zero-order valence-electron chi connectivity index (χ0n) is 9.89. The van der Waals surface area contributed by atoms with Gasteiger partial charge < -0.3 is 9.97 Å². The molecule has 0 amide bonds. The number of nitrogens with one attached hydrogen (secondary N) is 2. The Morgan fingerprint density at radius 2 is 1.68 bits per heavy atom. The van der Waals surface area contributed by atoms with Crippen molar-refractivity contribution >= 4 is 46.8 Å². The minimum Gasteiger partial charge on any atom is -0.331 e. The van der Waals surface area contributed by atoms with E-state index in [4.69, 9.17) is 29.0 Å². The summed E-state index contributed by atoms with van der Waals surface area (Å²) < 4.78 is 0.643. The van der Waals surface area contributed by atoms with Crippen molar-refractivity contribution in [3.8, 4) is 0 Å². The van der Waals surface area contributed by atoms with Crippen molar-refractivity contribution in [1.29, 1.82) is 0 Å². The Balaban J connectivity index is 0.000000163. The molecule has 2 aromatic carbocycles. The Morgan fingerprint density at radius 3 is 2.26 bits per heavy atom. The first-order chi connectivity index (χ1) is 9.19. The largest absolute Gasteiger partial charge is 0.331 e. The average molecular weight is 310 g/mol. The number of hydrogen-bond acceptors (Lipinski definition) is 3. The molecule has 19 heavy (non-hydrogen) atoms. The fourth-order valence-corrected chi connectivity index (χ4v) is 2.20. The Kier molecular flexibility index (Phi) is 5.04. The Labute approximate surface area is 125 Å². The maximum absolute atomic E-state index is 5.54. The lowest BCUT2D eigenvalue weighted by atomic mass is 10.3. The number of rotatable bonds is 1. The minimum atomic E-state index is 0.643. The van der Waals surface area contributed by atoms with Crippen molar-refractivity contribution in [1.82, 2.24) is 9.97 Å². The van der Waals surface area contributed by atoms with Crippen LogP contribution in [0.25, 0.3) is 11.0 Å². The smallest absolute Gasteiger partial charge is 0.175 e. The van der Waals surface area contributed by atoms with Crippen LogP contribution in [0.15, 0.2) is 53.4 Å². The Morgan fingerprint density at radius 1 is 1.00 bits per heavy atom. The molecular formula is C13H12ClN3S2. The van der Waals surface area contributed by atoms with Gasteiger partial charge in [0.2, 0.25) is 0 Å². The maximum atomic E-state index is 5.54. The van der Waals surface area contributed by atoms with Gasteiger partial charge in [0.05, 0.1) is 11.0 Å². The zero-order chi connectivity index (χ0) is 13.7. The number of halogens is 1. The number of benzene rings is 2. The highest BCUT2D eigenvalue weighted by Crippen LogP contribution is 2.17. The average Bonchev–Trinajstić information content (AvgIpc) is 2.79. The third-order valence-electron chi connectivity index (χ3n) is 2.36. The Hall–Kier alpha value is -1.27. The SMILES string of the molecule is Clc1ccccc1.NSc1ccc2[nH]c(=S)[nH]c2c1. The van der Waals surface area contributed by atoms with E-state index in [0.717, 1.165) is 21.0 Å². The number of imidazole rings is 1. The van der Waals surface area contributed by atoms with Crippen molar-refractivity contribution in [2.24, 2.45) is 5.14 Å². The molecule has 1 aromatic heterocycles. The molecule has 0 saturated carbocycles. The summed E-state index contributed by atoms with van der Waals surface area (Å²) in [6.45, 7) is 0. The molecule has 0 aliphatic carbocycles. The Bertz CT molecular complexity index is 706. The van der Waals surface area contributed by atoms with E-state index in [-0.39, 0.29) is 0 Å². The van der Waals surface area contributed by atoms with E-state index in [1.807, 2.05) is 48.5 Å². The van der Waals surface area contributed by atoms with Crippen LogP contribution in [0.5, 0.6) is 0 Å². The lowest BCUT2D eigenvalue weighted by molar-refractivity contribution is 1.30. The molecule has 0 fully saturated rings. The minimum absolute atomic E-state index is 0.643. The second-order valence-corrected chi connectivity index (χ2v) is 5.25. The number of nitrogens with two attached hydrogens (primary N) is 1. The monoisotopic (exact) mass is 309 g/mol. The van der Waals surface area contributed by atoms with Crippen LogP contribution in [-0.2, 0) is 0 Å². The number of hydrogen-bond donors (Lipinski definition) is 3. The van der Waals surface area contributed by atoms with E-state index in [9.17, 15) is 0 Å². The first kappa shape index (κ1) is 14.1. The molecule has 0 aliphatic heterocycles. The molecule has 0 spiro atoms. The van der Waals surface area contributed by atoms with Gasteiger partial charge in [0.15, 0.2) is 4.77 Å². The van der Waals surface area contributed by atoms with Crippen molar-refractivity contribution < 1.29 is 0 Å². The predicted octanol–water partition coefficient (Wildman–Crippen LogP) is 4.53. The molecule has 0 atom stereocenters. The normalized spacial score (nSPS) is 10.0. The van der Waals surface area contributed by atoms with Crippen LogP contribution in [0.1, 0.15) is 0 Å². The summed E-state index contributed by atoms with van der Waals surface area (Å²) in [5.74, 6) is 0. The fourth-order valence-electron chi connectivity index (χ4n) is 1.50. The molecule has 4 N–H and O–H groups in total. The number of fused-ring (bicyclic) bond motifs is 1. The van der Waals surface area contributed by atoms with Gasteiger partial charge >= 0.3 is 0 Å². The molecule has 98 valence electrons. The van der Waals surface area contributed by atoms with Crippen LogP contribution in [0.3, 0.4) is 0 Å². The van der Waals surface area contributed by atoms with Crippen LogP contribution in [-0.4, -0.2) is 9.97 Å². The van der Waals surface area contributed by atoms with Crippen LogP contribution < -0.4 is 5.14 Å². The highest BCUT2D eigenvalue weighted by Gasteiger charge is 1.96. The van der Waals surface area contributed by atoms with Crippen LogP contribution in [0.2, 0.25) is 5.02 Å². The molecular weight excluding hydrogens is 298 g/mol. The fraction of sp³-hybridized carbons (Fsp3) is 0. The van der Waals surface area contributed by atoms with Gasteiger partial charge in [-0.05, 0) is 54.5 Å². The van der Waals surface area contributed by atoms with Gasteiger partial charge in [0, 0.05) is 9.92 Å². The molecule has 0 unspecified atom stereocenters. The summed E-state index contributed by atoms with van der Waals surface area (Å²) in [4.78, 5) is 7.06. The lowest BCUT2D eigenvalue weighted by Gasteiger charge is -1.93. The van der Waals surface area contributed by atoms with Gasteiger partial charge in [0.25, 0.3) is 0 Å². The molecule has 6 heteroatoms. The molecule has 3 rings (SSSR count). The molecule has 0 aliphatic rings. The van der Waals surface area contributed by atoms with Gasteiger partial charge in [-0.2, -0.15) is 0 Å². The summed E-state index contributed by atoms with van der Waals surface area (Å²) >= 11 is 11.7. The summed E-state index contributed by atoms with van der Waals surface area (Å²) in [6.07, 6.45) is 0.